The van der Waals surface area contributed by atoms with Crippen molar-refractivity contribution < 1.29 is 19.1 Å². The summed E-state index contributed by atoms with van der Waals surface area (Å²) >= 11 is 0. The fourth-order valence-electron chi connectivity index (χ4n) is 3.02. The third-order valence-corrected chi connectivity index (χ3v) is 4.30. The molecule has 0 rings (SSSR count). The molecule has 25 heavy (non-hydrogen) atoms. The van der Waals surface area contributed by atoms with Crippen molar-refractivity contribution in [3.8, 4) is 0 Å². The number of hydrogen-bond donors (Lipinski definition) is 0. The van der Waals surface area contributed by atoms with Crippen molar-refractivity contribution in [2.75, 3.05) is 0 Å². The van der Waals surface area contributed by atoms with E-state index in [9.17, 15) is 9.59 Å². The fourth-order valence-corrected chi connectivity index (χ4v) is 3.02. The molecular formula is C21H40O4. The molecule has 0 radical (unpaired) electrons. The van der Waals surface area contributed by atoms with Crippen molar-refractivity contribution in [2.24, 2.45) is 0 Å². The van der Waals surface area contributed by atoms with E-state index in [4.69, 9.17) is 9.47 Å². The third-order valence-electron chi connectivity index (χ3n) is 4.30. The molecule has 0 aromatic carbocycles. The van der Waals surface area contributed by atoms with Crippen LogP contribution in [-0.2, 0) is 19.1 Å². The number of esters is 2. The van der Waals surface area contributed by atoms with E-state index in [0.717, 1.165) is 70.6 Å². The largest absolute Gasteiger partial charge is 0.462 e. The zero-order valence-electron chi connectivity index (χ0n) is 17.0. The highest BCUT2D eigenvalue weighted by molar-refractivity contribution is 5.70. The van der Waals surface area contributed by atoms with Crippen LogP contribution >= 0.6 is 0 Å². The lowest BCUT2D eigenvalue weighted by Gasteiger charge is -2.17. The van der Waals surface area contributed by atoms with Gasteiger partial charge in [-0.3, -0.25) is 9.59 Å². The molecule has 0 aliphatic carbocycles. The van der Waals surface area contributed by atoms with Crippen LogP contribution in [0.2, 0.25) is 0 Å². The monoisotopic (exact) mass is 356 g/mol. The normalized spacial score (nSPS) is 11.1. The highest BCUT2D eigenvalue weighted by Crippen LogP contribution is 2.14. The van der Waals surface area contributed by atoms with E-state index in [1.54, 1.807) is 0 Å². The zero-order chi connectivity index (χ0) is 18.9. The molecule has 0 atom stereocenters. The van der Waals surface area contributed by atoms with Gasteiger partial charge < -0.3 is 9.47 Å². The van der Waals surface area contributed by atoms with Gasteiger partial charge in [0, 0.05) is 12.8 Å². The van der Waals surface area contributed by atoms with Crippen LogP contribution in [0.4, 0.5) is 0 Å². The van der Waals surface area contributed by atoms with Gasteiger partial charge in [-0.1, -0.05) is 59.8 Å². The summed E-state index contributed by atoms with van der Waals surface area (Å²) in [5.41, 5.74) is 0. The molecule has 0 aromatic rings. The minimum atomic E-state index is -0.0968. The van der Waals surface area contributed by atoms with Crippen molar-refractivity contribution in [3.05, 3.63) is 0 Å². The SMILES string of the molecule is CCCC(CCC)OC(=O)CCCCCC(=O)OC(CCC)CCC. The van der Waals surface area contributed by atoms with E-state index in [2.05, 4.69) is 27.7 Å². The Hall–Kier alpha value is -1.06. The standard InChI is InChI=1S/C21H40O4/c1-5-12-18(13-6-2)24-20(22)16-10-9-11-17-21(23)25-19(14-7-3)15-8-4/h18-19H,5-17H2,1-4H3. The summed E-state index contributed by atoms with van der Waals surface area (Å²) in [4.78, 5) is 23.8. The average molecular weight is 357 g/mol. The van der Waals surface area contributed by atoms with Crippen LogP contribution in [0.1, 0.15) is 111 Å². The van der Waals surface area contributed by atoms with Crippen LogP contribution < -0.4 is 0 Å². The number of hydrogen-bond acceptors (Lipinski definition) is 4. The van der Waals surface area contributed by atoms with Crippen LogP contribution in [0, 0.1) is 0 Å². The van der Waals surface area contributed by atoms with Crippen LogP contribution in [0.15, 0.2) is 0 Å². The maximum atomic E-state index is 11.9. The summed E-state index contributed by atoms with van der Waals surface area (Å²) in [5, 5.41) is 0. The molecule has 4 nitrogen and oxygen atoms in total. The first-order valence-corrected chi connectivity index (χ1v) is 10.5. The predicted octanol–water partition coefficient (Wildman–Crippen LogP) is 5.96. The number of carbonyl (C=O) groups is 2. The molecule has 0 saturated carbocycles. The van der Waals surface area contributed by atoms with Gasteiger partial charge in [0.2, 0.25) is 0 Å². The maximum absolute atomic E-state index is 11.9. The first kappa shape index (κ1) is 23.9. The van der Waals surface area contributed by atoms with Crippen molar-refractivity contribution >= 4 is 11.9 Å². The minimum absolute atomic E-state index is 0.0755. The molecule has 0 aromatic heterocycles. The van der Waals surface area contributed by atoms with Gasteiger partial charge in [0.15, 0.2) is 0 Å². The number of unbranched alkanes of at least 4 members (excludes halogenated alkanes) is 2. The lowest BCUT2D eigenvalue weighted by Crippen LogP contribution is -2.18. The molecule has 0 saturated heterocycles. The Morgan fingerprint density at radius 2 is 0.920 bits per heavy atom. The van der Waals surface area contributed by atoms with Gasteiger partial charge in [-0.25, -0.2) is 0 Å². The third kappa shape index (κ3) is 13.9. The quantitative estimate of drug-likeness (QED) is 0.253. The summed E-state index contributed by atoms with van der Waals surface area (Å²) in [7, 11) is 0. The van der Waals surface area contributed by atoms with E-state index < -0.39 is 0 Å². The molecular weight excluding hydrogens is 316 g/mol. The molecule has 0 bridgehead atoms. The first-order chi connectivity index (χ1) is 12.1. The molecule has 0 N–H and O–H groups in total. The highest BCUT2D eigenvalue weighted by Gasteiger charge is 2.14. The zero-order valence-corrected chi connectivity index (χ0v) is 17.0. The number of rotatable bonds is 16. The second kappa shape index (κ2) is 16.4. The predicted molar refractivity (Wildman–Crippen MR) is 102 cm³/mol. The van der Waals surface area contributed by atoms with Crippen LogP contribution in [0.5, 0.6) is 0 Å². The Bertz CT molecular complexity index is 297. The molecule has 4 heteroatoms. The summed E-state index contributed by atoms with van der Waals surface area (Å²) in [6, 6.07) is 0. The van der Waals surface area contributed by atoms with Gasteiger partial charge in [0.1, 0.15) is 12.2 Å². The van der Waals surface area contributed by atoms with E-state index in [1.165, 1.54) is 0 Å². The lowest BCUT2D eigenvalue weighted by atomic mass is 10.1. The van der Waals surface area contributed by atoms with Gasteiger partial charge in [-0.2, -0.15) is 0 Å². The van der Waals surface area contributed by atoms with E-state index in [-0.39, 0.29) is 24.1 Å². The van der Waals surface area contributed by atoms with Gasteiger partial charge >= 0.3 is 11.9 Å². The Morgan fingerprint density at radius 3 is 1.20 bits per heavy atom. The topological polar surface area (TPSA) is 52.6 Å². The van der Waals surface area contributed by atoms with Crippen molar-refractivity contribution in [2.45, 2.75) is 123 Å². The smallest absolute Gasteiger partial charge is 0.306 e. The fraction of sp³-hybridized carbons (Fsp3) is 0.905. The lowest BCUT2D eigenvalue weighted by molar-refractivity contribution is -0.150. The molecule has 0 heterocycles. The Balaban J connectivity index is 3.82. The van der Waals surface area contributed by atoms with Gasteiger partial charge in [-0.05, 0) is 38.5 Å². The molecule has 0 aliphatic heterocycles. The summed E-state index contributed by atoms with van der Waals surface area (Å²) in [5.74, 6) is -0.194. The van der Waals surface area contributed by atoms with Gasteiger partial charge in [-0.15, -0.1) is 0 Å². The summed E-state index contributed by atoms with van der Waals surface area (Å²) < 4.78 is 11.1. The van der Waals surface area contributed by atoms with E-state index in [0.29, 0.717) is 12.8 Å². The molecule has 0 fully saturated rings. The maximum Gasteiger partial charge on any atom is 0.306 e. The molecule has 0 aliphatic rings. The highest BCUT2D eigenvalue weighted by atomic mass is 16.5. The van der Waals surface area contributed by atoms with Crippen molar-refractivity contribution in [1.29, 1.82) is 0 Å². The second-order valence-electron chi connectivity index (χ2n) is 6.94. The first-order valence-electron chi connectivity index (χ1n) is 10.5. The van der Waals surface area contributed by atoms with Gasteiger partial charge in [0.05, 0.1) is 0 Å². The molecule has 0 spiro atoms. The Morgan fingerprint density at radius 1 is 0.600 bits per heavy atom. The Kier molecular flexibility index (Phi) is 15.7. The number of ether oxygens (including phenoxy) is 2. The summed E-state index contributed by atoms with van der Waals surface area (Å²) in [6.07, 6.45) is 11.4. The Labute approximate surface area is 155 Å². The second-order valence-corrected chi connectivity index (χ2v) is 6.94. The van der Waals surface area contributed by atoms with Crippen LogP contribution in [-0.4, -0.2) is 24.1 Å². The van der Waals surface area contributed by atoms with Gasteiger partial charge in [0.25, 0.3) is 0 Å². The summed E-state index contributed by atoms with van der Waals surface area (Å²) in [6.45, 7) is 8.45. The average Bonchev–Trinajstić information content (AvgIpc) is 2.55. The van der Waals surface area contributed by atoms with Crippen LogP contribution in [0.3, 0.4) is 0 Å². The van der Waals surface area contributed by atoms with E-state index in [1.807, 2.05) is 0 Å². The van der Waals surface area contributed by atoms with Crippen molar-refractivity contribution in [1.82, 2.24) is 0 Å². The minimum Gasteiger partial charge on any atom is -0.462 e. The molecule has 0 unspecified atom stereocenters. The molecule has 148 valence electrons. The molecule has 0 amide bonds. The van der Waals surface area contributed by atoms with Crippen LogP contribution in [0.25, 0.3) is 0 Å². The van der Waals surface area contributed by atoms with E-state index >= 15 is 0 Å². The van der Waals surface area contributed by atoms with Crippen molar-refractivity contribution in [3.63, 3.8) is 0 Å². The number of carbonyl (C=O) groups excluding carboxylic acids is 2.